The monoisotopic (exact) mass is 275 g/mol. The molecule has 0 heterocycles. The number of benzene rings is 1. The number of carbonyl (C=O) groups is 1. The highest BCUT2D eigenvalue weighted by molar-refractivity contribution is 5.91. The number of nitriles is 1. The molecule has 108 valence electrons. The van der Waals surface area contributed by atoms with Crippen molar-refractivity contribution >= 4 is 5.78 Å². The van der Waals surface area contributed by atoms with Gasteiger partial charge in [0, 0.05) is 13.7 Å². The van der Waals surface area contributed by atoms with Gasteiger partial charge in [-0.1, -0.05) is 30.3 Å². The minimum Gasteiger partial charge on any atom is -0.382 e. The van der Waals surface area contributed by atoms with Crippen LogP contribution in [0.4, 0.5) is 0 Å². The molecule has 1 aromatic rings. The zero-order chi connectivity index (χ0) is 14.8. The molecule has 1 rings (SSSR count). The molecule has 0 aliphatic rings. The molecule has 4 nitrogen and oxygen atoms in total. The van der Waals surface area contributed by atoms with Crippen LogP contribution in [-0.4, -0.2) is 32.7 Å². The van der Waals surface area contributed by atoms with E-state index in [0.29, 0.717) is 32.7 Å². The molecule has 0 amide bonds. The number of ether oxygens (including phenoxy) is 2. The average Bonchev–Trinajstić information content (AvgIpc) is 2.47. The molecule has 0 N–H and O–H groups in total. The van der Waals surface area contributed by atoms with E-state index in [0.717, 1.165) is 5.56 Å². The van der Waals surface area contributed by atoms with Crippen LogP contribution in [0.1, 0.15) is 25.3 Å². The minimum atomic E-state index is -1.06. The van der Waals surface area contributed by atoms with Crippen LogP contribution in [-0.2, 0) is 19.7 Å². The van der Waals surface area contributed by atoms with Crippen LogP contribution in [0, 0.1) is 11.3 Å². The zero-order valence-electron chi connectivity index (χ0n) is 12.1. The SMILES string of the molecule is COCCOCCCC(C#N)(C(C)=O)c1ccccc1. The van der Waals surface area contributed by atoms with Crippen LogP contribution in [0.3, 0.4) is 0 Å². The van der Waals surface area contributed by atoms with E-state index in [4.69, 9.17) is 9.47 Å². The number of rotatable bonds is 9. The Hall–Kier alpha value is -1.70. The highest BCUT2D eigenvalue weighted by atomic mass is 16.5. The largest absolute Gasteiger partial charge is 0.382 e. The number of nitrogens with zero attached hydrogens (tertiary/aromatic N) is 1. The number of hydrogen-bond acceptors (Lipinski definition) is 4. The molecule has 1 atom stereocenters. The van der Waals surface area contributed by atoms with Gasteiger partial charge >= 0.3 is 0 Å². The van der Waals surface area contributed by atoms with Gasteiger partial charge in [-0.15, -0.1) is 0 Å². The van der Waals surface area contributed by atoms with Gasteiger partial charge in [0.2, 0.25) is 0 Å². The second kappa shape index (κ2) is 8.47. The van der Waals surface area contributed by atoms with E-state index in [1.165, 1.54) is 6.92 Å². The van der Waals surface area contributed by atoms with Crippen molar-refractivity contribution in [1.29, 1.82) is 5.26 Å². The number of carbonyl (C=O) groups excluding carboxylic acids is 1. The number of hydrogen-bond donors (Lipinski definition) is 0. The van der Waals surface area contributed by atoms with Gasteiger partial charge in [-0.2, -0.15) is 5.26 Å². The Morgan fingerprint density at radius 3 is 2.50 bits per heavy atom. The van der Waals surface area contributed by atoms with Gasteiger partial charge in [0.25, 0.3) is 0 Å². The maximum absolute atomic E-state index is 12.0. The maximum Gasteiger partial charge on any atom is 0.154 e. The fourth-order valence-electron chi connectivity index (χ4n) is 2.13. The van der Waals surface area contributed by atoms with Crippen molar-refractivity contribution in [3.05, 3.63) is 35.9 Å². The summed E-state index contributed by atoms with van der Waals surface area (Å²) in [5.41, 5.74) is -0.307. The lowest BCUT2D eigenvalue weighted by Crippen LogP contribution is -2.33. The molecule has 4 heteroatoms. The lowest BCUT2D eigenvalue weighted by atomic mass is 9.75. The summed E-state index contributed by atoms with van der Waals surface area (Å²) in [7, 11) is 1.62. The van der Waals surface area contributed by atoms with Crippen LogP contribution in [0.5, 0.6) is 0 Å². The van der Waals surface area contributed by atoms with E-state index in [1.807, 2.05) is 30.3 Å². The van der Waals surface area contributed by atoms with Crippen LogP contribution in [0.25, 0.3) is 0 Å². The third-order valence-corrected chi connectivity index (χ3v) is 3.33. The third-order valence-electron chi connectivity index (χ3n) is 3.33. The molecule has 1 aromatic carbocycles. The van der Waals surface area contributed by atoms with E-state index in [1.54, 1.807) is 7.11 Å². The number of methoxy groups -OCH3 is 1. The van der Waals surface area contributed by atoms with E-state index in [9.17, 15) is 10.1 Å². The van der Waals surface area contributed by atoms with Crippen LogP contribution >= 0.6 is 0 Å². The Bertz CT molecular complexity index is 453. The van der Waals surface area contributed by atoms with Crippen molar-refractivity contribution in [1.82, 2.24) is 0 Å². The lowest BCUT2D eigenvalue weighted by Gasteiger charge is -2.24. The van der Waals surface area contributed by atoms with Crippen LogP contribution in [0.2, 0.25) is 0 Å². The quantitative estimate of drug-likeness (QED) is 0.650. The first-order valence-electron chi connectivity index (χ1n) is 6.72. The van der Waals surface area contributed by atoms with Crippen molar-refractivity contribution in [2.45, 2.75) is 25.2 Å². The molecular weight excluding hydrogens is 254 g/mol. The summed E-state index contributed by atoms with van der Waals surface area (Å²) in [5, 5.41) is 9.51. The molecular formula is C16H21NO3. The smallest absolute Gasteiger partial charge is 0.154 e. The second-order valence-corrected chi connectivity index (χ2v) is 4.65. The topological polar surface area (TPSA) is 59.3 Å². The molecule has 0 radical (unpaired) electrons. The molecule has 0 aromatic heterocycles. The maximum atomic E-state index is 12.0. The summed E-state index contributed by atoms with van der Waals surface area (Å²) in [6, 6.07) is 11.4. The number of Topliss-reactive ketones (excluding diaryl/α,β-unsaturated/α-hetero) is 1. The highest BCUT2D eigenvalue weighted by Crippen LogP contribution is 2.30. The summed E-state index contributed by atoms with van der Waals surface area (Å²) in [5.74, 6) is -0.122. The van der Waals surface area contributed by atoms with E-state index in [2.05, 4.69) is 6.07 Å². The van der Waals surface area contributed by atoms with Gasteiger partial charge in [0.15, 0.2) is 5.78 Å². The summed E-state index contributed by atoms with van der Waals surface area (Å²) < 4.78 is 10.3. The summed E-state index contributed by atoms with van der Waals surface area (Å²) in [6.45, 7) is 3.07. The van der Waals surface area contributed by atoms with Gasteiger partial charge in [-0.05, 0) is 25.3 Å². The average molecular weight is 275 g/mol. The van der Waals surface area contributed by atoms with Crippen LogP contribution < -0.4 is 0 Å². The standard InChI is InChI=1S/C16H21NO3/c1-14(18)16(13-17,15-7-4-3-5-8-15)9-6-10-20-12-11-19-2/h3-5,7-8H,6,9-12H2,1-2H3. The van der Waals surface area contributed by atoms with Gasteiger partial charge < -0.3 is 9.47 Å². The summed E-state index contributed by atoms with van der Waals surface area (Å²) >= 11 is 0. The molecule has 0 saturated carbocycles. The molecule has 1 unspecified atom stereocenters. The van der Waals surface area contributed by atoms with Gasteiger partial charge in [0.1, 0.15) is 5.41 Å². The van der Waals surface area contributed by atoms with Gasteiger partial charge in [-0.3, -0.25) is 4.79 Å². The van der Waals surface area contributed by atoms with E-state index in [-0.39, 0.29) is 5.78 Å². The predicted molar refractivity (Wildman–Crippen MR) is 76.3 cm³/mol. The van der Waals surface area contributed by atoms with Crippen LogP contribution in [0.15, 0.2) is 30.3 Å². The molecule has 0 saturated heterocycles. The first-order chi connectivity index (χ1) is 9.67. The Kier molecular flexibility index (Phi) is 6.92. The van der Waals surface area contributed by atoms with Crippen molar-refractivity contribution < 1.29 is 14.3 Å². The lowest BCUT2D eigenvalue weighted by molar-refractivity contribution is -0.120. The van der Waals surface area contributed by atoms with Crippen molar-refractivity contribution in [3.63, 3.8) is 0 Å². The van der Waals surface area contributed by atoms with E-state index >= 15 is 0 Å². The van der Waals surface area contributed by atoms with Gasteiger partial charge in [-0.25, -0.2) is 0 Å². The van der Waals surface area contributed by atoms with E-state index < -0.39 is 5.41 Å². The first kappa shape index (κ1) is 16.4. The molecule has 20 heavy (non-hydrogen) atoms. The molecule has 0 spiro atoms. The highest BCUT2D eigenvalue weighted by Gasteiger charge is 2.36. The summed E-state index contributed by atoms with van der Waals surface area (Å²) in [6.07, 6.45) is 1.13. The number of ketones is 1. The first-order valence-corrected chi connectivity index (χ1v) is 6.72. The molecule has 0 bridgehead atoms. The predicted octanol–water partition coefficient (Wildman–Crippen LogP) is 2.48. The Labute approximate surface area is 120 Å². The van der Waals surface area contributed by atoms with Crippen molar-refractivity contribution in [3.8, 4) is 6.07 Å². The Morgan fingerprint density at radius 1 is 1.25 bits per heavy atom. The summed E-state index contributed by atoms with van der Waals surface area (Å²) in [4.78, 5) is 12.0. The third kappa shape index (κ3) is 4.16. The minimum absolute atomic E-state index is 0.122. The molecule has 0 aliphatic heterocycles. The normalized spacial score (nSPS) is 13.4. The fraction of sp³-hybridized carbons (Fsp3) is 0.500. The van der Waals surface area contributed by atoms with Crippen molar-refractivity contribution in [2.24, 2.45) is 0 Å². The van der Waals surface area contributed by atoms with Crippen molar-refractivity contribution in [2.75, 3.05) is 26.9 Å². The fourth-order valence-corrected chi connectivity index (χ4v) is 2.13. The Morgan fingerprint density at radius 2 is 1.95 bits per heavy atom. The molecule has 0 fully saturated rings. The Balaban J connectivity index is 2.67. The second-order valence-electron chi connectivity index (χ2n) is 4.65. The molecule has 0 aliphatic carbocycles. The van der Waals surface area contributed by atoms with Gasteiger partial charge in [0.05, 0.1) is 19.3 Å². The zero-order valence-corrected chi connectivity index (χ0v) is 12.1.